The summed E-state index contributed by atoms with van der Waals surface area (Å²) in [5, 5.41) is 12.6. The first-order valence-corrected chi connectivity index (χ1v) is 16.6. The van der Waals surface area contributed by atoms with Gasteiger partial charge < -0.3 is 24.5 Å². The zero-order valence-corrected chi connectivity index (χ0v) is 27.7. The number of carbonyl (C=O) groups excluding carboxylic acids is 1. The van der Waals surface area contributed by atoms with E-state index in [0.29, 0.717) is 11.3 Å². The summed E-state index contributed by atoms with van der Waals surface area (Å²) in [7, 11) is 1.94. The number of aromatic nitrogens is 2. The quantitative estimate of drug-likeness (QED) is 0.0667. The molecule has 1 aliphatic heterocycles. The monoisotopic (exact) mass is 709 g/mol. The van der Waals surface area contributed by atoms with Crippen LogP contribution in [0.5, 0.6) is 0 Å². The molecule has 0 bridgehead atoms. The average Bonchev–Trinajstić information content (AvgIpc) is 3.56. The van der Waals surface area contributed by atoms with Gasteiger partial charge in [-0.1, -0.05) is 85.4 Å². The number of imidazole rings is 1. The number of nitrogens with one attached hydrogen (secondary N) is 1. The Balaban J connectivity index is 1.18. The number of hydrogen-bond donors (Lipinski definition) is 2. The molecule has 1 saturated heterocycles. The van der Waals surface area contributed by atoms with Gasteiger partial charge in [-0.05, 0) is 33.9 Å². The molecule has 0 unspecified atom stereocenters. The molecule has 260 valence electrons. The van der Waals surface area contributed by atoms with Crippen LogP contribution >= 0.6 is 11.8 Å². The summed E-state index contributed by atoms with van der Waals surface area (Å²) in [6.45, 7) is 1.80. The van der Waals surface area contributed by atoms with Gasteiger partial charge in [0.25, 0.3) is 5.91 Å². The predicted octanol–water partition coefficient (Wildman–Crippen LogP) is 7.79. The van der Waals surface area contributed by atoms with Crippen LogP contribution < -0.4 is 5.32 Å². The predicted molar refractivity (Wildman–Crippen MR) is 176 cm³/mol. The third-order valence-electron chi connectivity index (χ3n) is 8.61. The molecule has 1 fully saturated rings. The van der Waals surface area contributed by atoms with Gasteiger partial charge in [0.05, 0.1) is 18.8 Å². The summed E-state index contributed by atoms with van der Waals surface area (Å²) in [4.78, 5) is 16.9. The van der Waals surface area contributed by atoms with Crippen molar-refractivity contribution in [1.29, 1.82) is 0 Å². The minimum Gasteiger partial charge on any atom is -0.392 e. The lowest BCUT2D eigenvalue weighted by atomic mass is 9.91. The number of aryl methyl sites for hydroxylation is 1. The Hall–Kier alpha value is -4.56. The van der Waals surface area contributed by atoms with Gasteiger partial charge in [-0.15, -0.1) is 0 Å². The van der Waals surface area contributed by atoms with Crippen LogP contribution in [0.2, 0.25) is 0 Å². The molecule has 0 saturated carbocycles. The molecule has 0 aliphatic carbocycles. The van der Waals surface area contributed by atoms with E-state index in [2.05, 4.69) is 17.2 Å². The zero-order chi connectivity index (χ0) is 35.5. The number of carbonyl (C=O) groups is 1. The molecule has 1 amide bonds. The topological polar surface area (TPSA) is 85.6 Å². The van der Waals surface area contributed by atoms with Crippen LogP contribution in [0.4, 0.5) is 22.0 Å². The van der Waals surface area contributed by atoms with E-state index in [1.165, 1.54) is 0 Å². The number of hydrogen-bond acceptors (Lipinski definition) is 6. The third-order valence-corrected chi connectivity index (χ3v) is 9.76. The van der Waals surface area contributed by atoms with Crippen molar-refractivity contribution in [2.24, 2.45) is 13.0 Å². The Labute approximate surface area is 289 Å². The van der Waals surface area contributed by atoms with Crippen LogP contribution in [0.1, 0.15) is 51.9 Å². The highest BCUT2D eigenvalue weighted by molar-refractivity contribution is 7.99. The Morgan fingerprint density at radius 1 is 0.860 bits per heavy atom. The summed E-state index contributed by atoms with van der Waals surface area (Å²) >= 11 is 1.60. The summed E-state index contributed by atoms with van der Waals surface area (Å²) in [5.41, 5.74) is 3.10. The number of rotatable bonds is 10. The van der Waals surface area contributed by atoms with Crippen molar-refractivity contribution in [1.82, 2.24) is 14.9 Å². The van der Waals surface area contributed by atoms with Crippen LogP contribution in [-0.4, -0.2) is 32.4 Å². The van der Waals surface area contributed by atoms with Crippen molar-refractivity contribution < 1.29 is 41.3 Å². The standard InChI is InChI=1S/C37H32F5N3O4S/c1-20-27(19-50-37-43-14-15-45(37)2)48-36(49-34(20)24-8-6-21(18-46)7-9-24)25-12-10-23(11-13-25)26-5-3-4-22(16-26)17-44-35(47)28-29(38)31(40)33(42)32(41)30(28)39/h3-16,20,27,34,36,46H,17-19H2,1-2H3,(H,44,47)/t20-,27+,34+,36+/m1/s1. The second-order valence-electron chi connectivity index (χ2n) is 11.9. The summed E-state index contributed by atoms with van der Waals surface area (Å²) in [6.07, 6.45) is 2.48. The van der Waals surface area contributed by atoms with Crippen molar-refractivity contribution in [3.8, 4) is 11.1 Å². The third kappa shape index (κ3) is 7.31. The molecule has 4 atom stereocenters. The van der Waals surface area contributed by atoms with Crippen molar-refractivity contribution in [3.05, 3.63) is 142 Å². The Morgan fingerprint density at radius 3 is 2.16 bits per heavy atom. The molecule has 6 rings (SSSR count). The van der Waals surface area contributed by atoms with E-state index in [1.54, 1.807) is 36.2 Å². The zero-order valence-electron chi connectivity index (χ0n) is 26.9. The lowest BCUT2D eigenvalue weighted by Gasteiger charge is -2.41. The number of amides is 1. The highest BCUT2D eigenvalue weighted by Gasteiger charge is 2.38. The van der Waals surface area contributed by atoms with Crippen LogP contribution in [0.25, 0.3) is 11.1 Å². The minimum absolute atomic E-state index is 0.00408. The maximum absolute atomic E-state index is 14.1. The van der Waals surface area contributed by atoms with Crippen LogP contribution in [-0.2, 0) is 29.7 Å². The molecule has 0 spiro atoms. The van der Waals surface area contributed by atoms with E-state index in [4.69, 9.17) is 9.47 Å². The maximum atomic E-state index is 14.1. The smallest absolute Gasteiger partial charge is 0.257 e. The Bertz CT molecular complexity index is 1960. The fraction of sp³-hybridized carbons (Fsp3) is 0.243. The van der Waals surface area contributed by atoms with E-state index < -0.39 is 46.8 Å². The van der Waals surface area contributed by atoms with Crippen molar-refractivity contribution in [2.75, 3.05) is 5.75 Å². The van der Waals surface area contributed by atoms with Crippen molar-refractivity contribution >= 4 is 17.7 Å². The van der Waals surface area contributed by atoms with Gasteiger partial charge in [0.1, 0.15) is 5.56 Å². The fourth-order valence-electron chi connectivity index (χ4n) is 5.73. The molecular formula is C37H32F5N3O4S. The first-order valence-electron chi connectivity index (χ1n) is 15.6. The molecule has 1 aromatic heterocycles. The van der Waals surface area contributed by atoms with E-state index in [0.717, 1.165) is 33.0 Å². The number of benzene rings is 4. The molecule has 7 nitrogen and oxygen atoms in total. The average molecular weight is 710 g/mol. The van der Waals surface area contributed by atoms with Crippen LogP contribution in [0.15, 0.2) is 90.3 Å². The number of nitrogens with zero attached hydrogens (tertiary/aromatic N) is 2. The first-order chi connectivity index (χ1) is 24.0. The molecule has 4 aromatic carbocycles. The molecule has 0 radical (unpaired) electrons. The van der Waals surface area contributed by atoms with E-state index >= 15 is 0 Å². The van der Waals surface area contributed by atoms with Gasteiger partial charge in [0.15, 0.2) is 34.7 Å². The normalized spacial score (nSPS) is 19.0. The van der Waals surface area contributed by atoms with Gasteiger partial charge in [0.2, 0.25) is 5.82 Å². The number of halogens is 5. The van der Waals surface area contributed by atoms with Gasteiger partial charge >= 0.3 is 0 Å². The van der Waals surface area contributed by atoms with Crippen LogP contribution in [0.3, 0.4) is 0 Å². The lowest BCUT2D eigenvalue weighted by Crippen LogP contribution is -2.38. The molecule has 50 heavy (non-hydrogen) atoms. The number of ether oxygens (including phenoxy) is 2. The highest BCUT2D eigenvalue weighted by atomic mass is 32.2. The number of thioether (sulfide) groups is 1. The van der Waals surface area contributed by atoms with Crippen LogP contribution in [0, 0.1) is 35.0 Å². The summed E-state index contributed by atoms with van der Waals surface area (Å²) < 4.78 is 83.9. The van der Waals surface area contributed by atoms with Crippen molar-refractivity contribution in [3.63, 3.8) is 0 Å². The SMILES string of the molecule is C[C@@H]1[C@H](CSc2nccn2C)O[C@H](c2ccc(-c3cccc(CNC(=O)c4c(F)c(F)c(F)c(F)c4F)c3)cc2)O[C@@H]1c1ccc(CO)cc1. The second-order valence-corrected chi connectivity index (χ2v) is 12.9. The summed E-state index contributed by atoms with van der Waals surface area (Å²) in [6, 6.07) is 22.2. The molecule has 1 aliphatic rings. The molecule has 2 N–H and O–H groups in total. The second kappa shape index (κ2) is 15.1. The first kappa shape index (κ1) is 35.3. The molecular weight excluding hydrogens is 677 g/mol. The Kier molecular flexibility index (Phi) is 10.7. The fourth-order valence-corrected chi connectivity index (χ4v) is 6.82. The summed E-state index contributed by atoms with van der Waals surface area (Å²) in [5.74, 6) is -11.9. The number of aliphatic hydroxyl groups excluding tert-OH is 1. The van der Waals surface area contributed by atoms with Gasteiger partial charge in [0, 0.05) is 43.2 Å². The van der Waals surface area contributed by atoms with E-state index in [-0.39, 0.29) is 31.3 Å². The lowest BCUT2D eigenvalue weighted by molar-refractivity contribution is -0.268. The maximum Gasteiger partial charge on any atom is 0.257 e. The largest absolute Gasteiger partial charge is 0.392 e. The van der Waals surface area contributed by atoms with Gasteiger partial charge in [-0.25, -0.2) is 26.9 Å². The Morgan fingerprint density at radius 2 is 1.52 bits per heavy atom. The van der Waals surface area contributed by atoms with E-state index in [9.17, 15) is 31.9 Å². The van der Waals surface area contributed by atoms with Gasteiger partial charge in [-0.3, -0.25) is 4.79 Å². The molecule has 5 aromatic rings. The highest BCUT2D eigenvalue weighted by Crippen LogP contribution is 2.43. The minimum atomic E-state index is -2.33. The van der Waals surface area contributed by atoms with Crippen molar-refractivity contribution in [2.45, 2.75) is 43.7 Å². The molecule has 13 heteroatoms. The number of aliphatic hydroxyl groups is 1. The van der Waals surface area contributed by atoms with Gasteiger partial charge in [-0.2, -0.15) is 0 Å². The molecule has 2 heterocycles. The van der Waals surface area contributed by atoms with E-state index in [1.807, 2.05) is 72.4 Å².